The number of aromatic nitrogens is 2. The van der Waals surface area contributed by atoms with Gasteiger partial charge in [-0.1, -0.05) is 54.1 Å². The van der Waals surface area contributed by atoms with Crippen molar-refractivity contribution >= 4 is 44.7 Å². The first-order valence-corrected chi connectivity index (χ1v) is 9.37. The third-order valence-electron chi connectivity index (χ3n) is 4.22. The van der Waals surface area contributed by atoms with Crippen molar-refractivity contribution in [3.8, 4) is 0 Å². The van der Waals surface area contributed by atoms with E-state index < -0.39 is 0 Å². The Morgan fingerprint density at radius 2 is 1.92 bits per heavy atom. The Labute approximate surface area is 160 Å². The minimum absolute atomic E-state index is 0.239. The lowest BCUT2D eigenvalue weighted by molar-refractivity contribution is 0.103. The number of hydrogen-bond acceptors (Lipinski definition) is 3. The van der Waals surface area contributed by atoms with E-state index in [0.29, 0.717) is 22.3 Å². The topological polar surface area (TPSA) is 46.9 Å². The molecule has 26 heavy (non-hydrogen) atoms. The summed E-state index contributed by atoms with van der Waals surface area (Å²) in [5, 5.41) is 8.66. The van der Waals surface area contributed by atoms with Gasteiger partial charge in [-0.25, -0.2) is 0 Å². The van der Waals surface area contributed by atoms with Crippen molar-refractivity contribution < 1.29 is 4.79 Å². The molecule has 130 valence electrons. The molecule has 2 heterocycles. The minimum atomic E-state index is -0.239. The van der Waals surface area contributed by atoms with Crippen molar-refractivity contribution in [2.24, 2.45) is 0 Å². The molecular weight excluding hydrogens is 366 g/mol. The van der Waals surface area contributed by atoms with Crippen LogP contribution < -0.4 is 5.32 Å². The number of rotatable bonds is 4. The number of amides is 1. The van der Waals surface area contributed by atoms with Crippen molar-refractivity contribution in [1.82, 2.24) is 9.78 Å². The second-order valence-electron chi connectivity index (χ2n) is 6.02. The second-order valence-corrected chi connectivity index (χ2v) is 7.45. The molecular formula is C20H16ClN3OS. The van der Waals surface area contributed by atoms with Crippen LogP contribution in [0.5, 0.6) is 0 Å². The zero-order chi connectivity index (χ0) is 18.1. The van der Waals surface area contributed by atoms with Crippen LogP contribution in [0.15, 0.2) is 60.8 Å². The standard InChI is InChI=1S/C20H16ClN3OS/c1-13-6-2-3-7-14(13)12-24-11-10-17(23-24)22-20(25)19-18(21)15-8-4-5-9-16(15)26-19/h2-11H,12H2,1H3,(H,22,23,25). The molecule has 0 atom stereocenters. The molecule has 1 N–H and O–H groups in total. The van der Waals surface area contributed by atoms with E-state index in [1.807, 2.05) is 47.3 Å². The number of carbonyl (C=O) groups excluding carboxylic acids is 1. The Bertz CT molecular complexity index is 1100. The van der Waals surface area contributed by atoms with Gasteiger partial charge >= 0.3 is 0 Å². The second kappa shape index (κ2) is 6.94. The number of hydrogen-bond donors (Lipinski definition) is 1. The van der Waals surface area contributed by atoms with Crippen LogP contribution in [0.1, 0.15) is 20.8 Å². The number of nitrogens with one attached hydrogen (secondary N) is 1. The molecule has 0 unspecified atom stereocenters. The van der Waals surface area contributed by atoms with Crippen molar-refractivity contribution in [3.63, 3.8) is 0 Å². The summed E-state index contributed by atoms with van der Waals surface area (Å²) < 4.78 is 2.80. The molecule has 2 aromatic heterocycles. The van der Waals surface area contributed by atoms with Gasteiger partial charge in [0.25, 0.3) is 5.91 Å². The number of aryl methyl sites for hydroxylation is 1. The van der Waals surface area contributed by atoms with Crippen LogP contribution in [0.3, 0.4) is 0 Å². The van der Waals surface area contributed by atoms with Gasteiger partial charge in [0.1, 0.15) is 4.88 Å². The lowest BCUT2D eigenvalue weighted by atomic mass is 10.1. The van der Waals surface area contributed by atoms with Gasteiger partial charge in [-0.2, -0.15) is 5.10 Å². The highest BCUT2D eigenvalue weighted by Gasteiger charge is 2.17. The maximum absolute atomic E-state index is 12.6. The van der Waals surface area contributed by atoms with Gasteiger partial charge in [0, 0.05) is 22.3 Å². The molecule has 4 nitrogen and oxygen atoms in total. The Kier molecular flexibility index (Phi) is 4.49. The predicted octanol–water partition coefficient (Wildman–Crippen LogP) is 5.36. The third kappa shape index (κ3) is 3.23. The van der Waals surface area contributed by atoms with E-state index >= 15 is 0 Å². The number of nitrogens with zero attached hydrogens (tertiary/aromatic N) is 2. The van der Waals surface area contributed by atoms with E-state index in [9.17, 15) is 4.79 Å². The molecule has 0 aliphatic carbocycles. The zero-order valence-corrected chi connectivity index (χ0v) is 15.6. The molecule has 0 saturated carbocycles. The fourth-order valence-corrected chi connectivity index (χ4v) is 4.22. The highest BCUT2D eigenvalue weighted by Crippen LogP contribution is 2.35. The molecule has 6 heteroatoms. The molecule has 0 aliphatic heterocycles. The van der Waals surface area contributed by atoms with Crippen LogP contribution in [0, 0.1) is 6.92 Å². The van der Waals surface area contributed by atoms with Gasteiger partial charge in [-0.05, 0) is 24.1 Å². The summed E-state index contributed by atoms with van der Waals surface area (Å²) in [6, 6.07) is 17.7. The molecule has 4 rings (SSSR count). The Balaban J connectivity index is 1.52. The lowest BCUT2D eigenvalue weighted by Gasteiger charge is -2.05. The van der Waals surface area contributed by atoms with Crippen molar-refractivity contribution in [2.75, 3.05) is 5.32 Å². The molecule has 1 amide bonds. The van der Waals surface area contributed by atoms with Crippen LogP contribution in [0.25, 0.3) is 10.1 Å². The minimum Gasteiger partial charge on any atom is -0.304 e. The Morgan fingerprint density at radius 1 is 1.15 bits per heavy atom. The van der Waals surface area contributed by atoms with E-state index in [0.717, 1.165) is 10.1 Å². The zero-order valence-electron chi connectivity index (χ0n) is 14.1. The Morgan fingerprint density at radius 3 is 2.73 bits per heavy atom. The van der Waals surface area contributed by atoms with E-state index in [2.05, 4.69) is 29.5 Å². The number of thiophene rings is 1. The summed E-state index contributed by atoms with van der Waals surface area (Å²) >= 11 is 7.76. The van der Waals surface area contributed by atoms with E-state index in [4.69, 9.17) is 11.6 Å². The van der Waals surface area contributed by atoms with Crippen molar-refractivity contribution in [3.05, 3.63) is 81.8 Å². The average Bonchev–Trinajstić information content (AvgIpc) is 3.22. The average molecular weight is 382 g/mol. The smallest absolute Gasteiger partial charge is 0.268 e. The van der Waals surface area contributed by atoms with E-state index in [-0.39, 0.29) is 5.91 Å². The van der Waals surface area contributed by atoms with E-state index in [1.165, 1.54) is 22.5 Å². The van der Waals surface area contributed by atoms with Gasteiger partial charge in [-0.15, -0.1) is 11.3 Å². The molecule has 2 aromatic carbocycles. The van der Waals surface area contributed by atoms with Gasteiger partial charge < -0.3 is 5.32 Å². The normalized spacial score (nSPS) is 11.0. The number of fused-ring (bicyclic) bond motifs is 1. The van der Waals surface area contributed by atoms with Gasteiger partial charge in [0.15, 0.2) is 5.82 Å². The summed E-state index contributed by atoms with van der Waals surface area (Å²) in [6.07, 6.45) is 1.86. The highest BCUT2D eigenvalue weighted by atomic mass is 35.5. The summed E-state index contributed by atoms with van der Waals surface area (Å²) in [6.45, 7) is 2.73. The van der Waals surface area contributed by atoms with Crippen LogP contribution in [-0.2, 0) is 6.54 Å². The number of anilines is 1. The summed E-state index contributed by atoms with van der Waals surface area (Å²) in [5.41, 5.74) is 2.41. The van der Waals surface area contributed by atoms with Crippen LogP contribution in [0.4, 0.5) is 5.82 Å². The number of carbonyl (C=O) groups is 1. The summed E-state index contributed by atoms with van der Waals surface area (Å²) in [5.74, 6) is 0.273. The summed E-state index contributed by atoms with van der Waals surface area (Å²) in [7, 11) is 0. The monoisotopic (exact) mass is 381 g/mol. The first-order valence-electron chi connectivity index (χ1n) is 8.18. The molecule has 0 radical (unpaired) electrons. The predicted molar refractivity (Wildman–Crippen MR) is 107 cm³/mol. The highest BCUT2D eigenvalue weighted by molar-refractivity contribution is 7.21. The maximum atomic E-state index is 12.6. The third-order valence-corrected chi connectivity index (χ3v) is 5.89. The number of halogens is 1. The fraction of sp³-hybridized carbons (Fsp3) is 0.100. The fourth-order valence-electron chi connectivity index (χ4n) is 2.81. The summed E-state index contributed by atoms with van der Waals surface area (Å²) in [4.78, 5) is 13.1. The van der Waals surface area contributed by atoms with Crippen LogP contribution in [0.2, 0.25) is 5.02 Å². The maximum Gasteiger partial charge on any atom is 0.268 e. The molecule has 0 bridgehead atoms. The SMILES string of the molecule is Cc1ccccc1Cn1ccc(NC(=O)c2sc3ccccc3c2Cl)n1. The largest absolute Gasteiger partial charge is 0.304 e. The van der Waals surface area contributed by atoms with Crippen molar-refractivity contribution in [2.45, 2.75) is 13.5 Å². The Hall–Kier alpha value is -2.63. The number of benzene rings is 2. The molecule has 0 spiro atoms. The first kappa shape index (κ1) is 16.8. The van der Waals surface area contributed by atoms with E-state index in [1.54, 1.807) is 6.07 Å². The van der Waals surface area contributed by atoms with Gasteiger partial charge in [0.05, 0.1) is 11.6 Å². The van der Waals surface area contributed by atoms with Gasteiger partial charge in [0.2, 0.25) is 0 Å². The van der Waals surface area contributed by atoms with Crippen LogP contribution >= 0.6 is 22.9 Å². The lowest BCUT2D eigenvalue weighted by Crippen LogP contribution is -2.12. The van der Waals surface area contributed by atoms with Gasteiger partial charge in [-0.3, -0.25) is 9.48 Å². The molecule has 0 saturated heterocycles. The van der Waals surface area contributed by atoms with Crippen LogP contribution in [-0.4, -0.2) is 15.7 Å². The van der Waals surface area contributed by atoms with Crippen molar-refractivity contribution in [1.29, 1.82) is 0 Å². The quantitative estimate of drug-likeness (QED) is 0.517. The molecule has 0 fully saturated rings. The first-order chi connectivity index (χ1) is 12.6. The molecule has 0 aliphatic rings. The molecule has 4 aromatic rings.